The minimum Gasteiger partial charge on any atom is -0.352 e. The summed E-state index contributed by atoms with van der Waals surface area (Å²) >= 11 is 0. The van der Waals surface area contributed by atoms with E-state index in [4.69, 9.17) is 0 Å². The monoisotopic (exact) mass is 392 g/mol. The second-order valence-corrected chi connectivity index (χ2v) is 6.81. The third-order valence-corrected chi connectivity index (χ3v) is 4.83. The first-order valence-electron chi connectivity index (χ1n) is 9.45. The molecule has 1 aromatic carbocycles. The van der Waals surface area contributed by atoms with Gasteiger partial charge in [-0.1, -0.05) is 12.1 Å². The summed E-state index contributed by atoms with van der Waals surface area (Å²) < 4.78 is 13.0. The van der Waals surface area contributed by atoms with E-state index in [9.17, 15) is 9.18 Å². The van der Waals surface area contributed by atoms with E-state index < -0.39 is 0 Å². The van der Waals surface area contributed by atoms with E-state index in [1.165, 1.54) is 12.1 Å². The zero-order chi connectivity index (χ0) is 20.1. The molecule has 148 valence electrons. The summed E-state index contributed by atoms with van der Waals surface area (Å²) in [5.41, 5.74) is 1.72. The highest BCUT2D eigenvalue weighted by molar-refractivity contribution is 5.79. The molecule has 1 N–H and O–H groups in total. The molecule has 0 saturated carbocycles. The molecule has 2 aromatic heterocycles. The zero-order valence-corrected chi connectivity index (χ0v) is 15.8. The maximum atomic E-state index is 13.0. The number of benzene rings is 1. The van der Waals surface area contributed by atoms with Gasteiger partial charge in [0, 0.05) is 44.3 Å². The molecule has 0 unspecified atom stereocenters. The Bertz CT molecular complexity index is 941. The van der Waals surface area contributed by atoms with E-state index in [-0.39, 0.29) is 18.1 Å². The summed E-state index contributed by atoms with van der Waals surface area (Å²) in [4.78, 5) is 20.4. The van der Waals surface area contributed by atoms with Crippen LogP contribution < -0.4 is 10.2 Å². The average Bonchev–Trinajstić information content (AvgIpc) is 2.77. The molecule has 1 saturated heterocycles. The normalized spacial score (nSPS) is 14.0. The molecule has 7 nitrogen and oxygen atoms in total. The van der Waals surface area contributed by atoms with Gasteiger partial charge in [-0.15, -0.1) is 10.2 Å². The fraction of sp³-hybridized carbons (Fsp3) is 0.238. The lowest BCUT2D eigenvalue weighted by Gasteiger charge is -2.35. The lowest BCUT2D eigenvalue weighted by Crippen LogP contribution is -2.49. The molecule has 8 heteroatoms. The van der Waals surface area contributed by atoms with Crippen LogP contribution in [0.15, 0.2) is 60.9 Å². The van der Waals surface area contributed by atoms with Gasteiger partial charge in [0.25, 0.3) is 0 Å². The molecule has 1 aliphatic rings. The van der Waals surface area contributed by atoms with Crippen LogP contribution >= 0.6 is 0 Å². The van der Waals surface area contributed by atoms with E-state index in [2.05, 4.69) is 25.4 Å². The molecular weight excluding hydrogens is 371 g/mol. The predicted octanol–water partition coefficient (Wildman–Crippen LogP) is 2.65. The van der Waals surface area contributed by atoms with Crippen molar-refractivity contribution in [2.45, 2.75) is 6.42 Å². The first-order valence-corrected chi connectivity index (χ1v) is 9.45. The van der Waals surface area contributed by atoms with Crippen molar-refractivity contribution in [1.29, 1.82) is 0 Å². The molecular formula is C21H21FN6O. The number of piperazine rings is 1. The number of hydrogen-bond donors (Lipinski definition) is 1. The van der Waals surface area contributed by atoms with Gasteiger partial charge in [0.2, 0.25) is 5.91 Å². The number of halogens is 1. The molecule has 0 radical (unpaired) electrons. The SMILES string of the molecule is O=C(Cc1ccc(F)cc1)N1CCN(c2ccc(Nc3ccncc3)nn2)CC1. The van der Waals surface area contributed by atoms with Gasteiger partial charge < -0.3 is 15.1 Å². The van der Waals surface area contributed by atoms with E-state index in [1.807, 2.05) is 29.2 Å². The second-order valence-electron chi connectivity index (χ2n) is 6.81. The lowest BCUT2D eigenvalue weighted by atomic mass is 10.1. The Labute approximate surface area is 168 Å². The molecule has 1 fully saturated rings. The first kappa shape index (κ1) is 18.8. The van der Waals surface area contributed by atoms with Gasteiger partial charge >= 0.3 is 0 Å². The third kappa shape index (κ3) is 4.84. The lowest BCUT2D eigenvalue weighted by molar-refractivity contribution is -0.130. The van der Waals surface area contributed by atoms with Crippen LogP contribution in [0.2, 0.25) is 0 Å². The van der Waals surface area contributed by atoms with Crippen LogP contribution in [0.25, 0.3) is 0 Å². The fourth-order valence-electron chi connectivity index (χ4n) is 3.22. The highest BCUT2D eigenvalue weighted by atomic mass is 19.1. The number of anilines is 3. The highest BCUT2D eigenvalue weighted by Gasteiger charge is 2.22. The second kappa shape index (κ2) is 8.64. The summed E-state index contributed by atoms with van der Waals surface area (Å²) in [5, 5.41) is 11.7. The van der Waals surface area contributed by atoms with Crippen molar-refractivity contribution in [3.63, 3.8) is 0 Å². The Morgan fingerprint density at radius 1 is 0.931 bits per heavy atom. The smallest absolute Gasteiger partial charge is 0.227 e. The van der Waals surface area contributed by atoms with Crippen LogP contribution in [0.5, 0.6) is 0 Å². The third-order valence-electron chi connectivity index (χ3n) is 4.83. The van der Waals surface area contributed by atoms with Crippen LogP contribution in [0.1, 0.15) is 5.56 Å². The van der Waals surface area contributed by atoms with E-state index in [0.29, 0.717) is 32.0 Å². The fourth-order valence-corrected chi connectivity index (χ4v) is 3.22. The summed E-state index contributed by atoms with van der Waals surface area (Å²) in [5.74, 6) is 1.21. The Morgan fingerprint density at radius 3 is 2.31 bits per heavy atom. The molecule has 1 amide bonds. The highest BCUT2D eigenvalue weighted by Crippen LogP contribution is 2.17. The van der Waals surface area contributed by atoms with Gasteiger partial charge in [0.1, 0.15) is 5.82 Å². The summed E-state index contributed by atoms with van der Waals surface area (Å²) in [7, 11) is 0. The minimum absolute atomic E-state index is 0.0549. The number of nitrogens with zero attached hydrogens (tertiary/aromatic N) is 5. The van der Waals surface area contributed by atoms with E-state index >= 15 is 0 Å². The van der Waals surface area contributed by atoms with Crippen molar-refractivity contribution in [1.82, 2.24) is 20.1 Å². The molecule has 0 aliphatic carbocycles. The standard InChI is InChI=1S/C21H21FN6O/c22-17-3-1-16(2-4-17)15-21(29)28-13-11-27(12-14-28)20-6-5-19(25-26-20)24-18-7-9-23-10-8-18/h1-10H,11-15H2,(H,23,24,25). The molecule has 4 rings (SSSR count). The number of nitrogens with one attached hydrogen (secondary N) is 1. The Balaban J connectivity index is 1.30. The molecule has 0 spiro atoms. The molecule has 0 atom stereocenters. The summed E-state index contributed by atoms with van der Waals surface area (Å²) in [6.07, 6.45) is 3.71. The zero-order valence-electron chi connectivity index (χ0n) is 15.8. The van der Waals surface area contributed by atoms with Crippen molar-refractivity contribution in [2.75, 3.05) is 36.4 Å². The Kier molecular flexibility index (Phi) is 5.60. The van der Waals surface area contributed by atoms with Gasteiger partial charge in [0.05, 0.1) is 6.42 Å². The Morgan fingerprint density at radius 2 is 1.66 bits per heavy atom. The number of carbonyl (C=O) groups excluding carboxylic acids is 1. The van der Waals surface area contributed by atoms with Crippen molar-refractivity contribution < 1.29 is 9.18 Å². The van der Waals surface area contributed by atoms with Crippen LogP contribution in [0.4, 0.5) is 21.7 Å². The first-order chi connectivity index (χ1) is 14.2. The van der Waals surface area contributed by atoms with Crippen molar-refractivity contribution in [3.8, 4) is 0 Å². The number of carbonyl (C=O) groups is 1. The maximum Gasteiger partial charge on any atom is 0.227 e. The molecule has 0 bridgehead atoms. The predicted molar refractivity (Wildman–Crippen MR) is 108 cm³/mol. The van der Waals surface area contributed by atoms with Crippen LogP contribution in [0, 0.1) is 5.82 Å². The van der Waals surface area contributed by atoms with Crippen molar-refractivity contribution in [2.24, 2.45) is 0 Å². The minimum atomic E-state index is -0.294. The van der Waals surface area contributed by atoms with E-state index in [1.54, 1.807) is 24.5 Å². The quantitative estimate of drug-likeness (QED) is 0.720. The van der Waals surface area contributed by atoms with E-state index in [0.717, 1.165) is 17.1 Å². The van der Waals surface area contributed by atoms with Crippen LogP contribution in [-0.2, 0) is 11.2 Å². The van der Waals surface area contributed by atoms with Gasteiger partial charge in [-0.2, -0.15) is 0 Å². The van der Waals surface area contributed by atoms with Crippen LogP contribution in [0.3, 0.4) is 0 Å². The number of amides is 1. The molecule has 29 heavy (non-hydrogen) atoms. The number of pyridine rings is 1. The average molecular weight is 392 g/mol. The number of hydrogen-bond acceptors (Lipinski definition) is 6. The number of aromatic nitrogens is 3. The molecule has 3 aromatic rings. The Hall–Kier alpha value is -3.55. The van der Waals surface area contributed by atoms with Crippen LogP contribution in [-0.4, -0.2) is 52.2 Å². The summed E-state index contributed by atoms with van der Waals surface area (Å²) in [6, 6.07) is 13.6. The van der Waals surface area contributed by atoms with Gasteiger partial charge in [-0.25, -0.2) is 4.39 Å². The molecule has 3 heterocycles. The van der Waals surface area contributed by atoms with Gasteiger partial charge in [-0.05, 0) is 42.0 Å². The summed E-state index contributed by atoms with van der Waals surface area (Å²) in [6.45, 7) is 2.64. The van der Waals surface area contributed by atoms with Crippen molar-refractivity contribution >= 4 is 23.2 Å². The van der Waals surface area contributed by atoms with Crippen molar-refractivity contribution in [3.05, 3.63) is 72.3 Å². The molecule has 1 aliphatic heterocycles. The maximum absolute atomic E-state index is 13.0. The number of rotatable bonds is 5. The largest absolute Gasteiger partial charge is 0.352 e. The van der Waals surface area contributed by atoms with Gasteiger partial charge in [0.15, 0.2) is 11.6 Å². The topological polar surface area (TPSA) is 74.2 Å². The van der Waals surface area contributed by atoms with Gasteiger partial charge in [-0.3, -0.25) is 9.78 Å².